The number of aromatic nitrogens is 5. The van der Waals surface area contributed by atoms with E-state index in [0.29, 0.717) is 31.2 Å². The van der Waals surface area contributed by atoms with E-state index >= 15 is 0 Å². The van der Waals surface area contributed by atoms with Gasteiger partial charge < -0.3 is 14.2 Å². The Bertz CT molecular complexity index is 705. The minimum atomic E-state index is 0.0189. The lowest BCUT2D eigenvalue weighted by Gasteiger charge is -2.20. The van der Waals surface area contributed by atoms with Crippen molar-refractivity contribution in [1.82, 2.24) is 29.2 Å². The largest absolute Gasteiger partial charge is 0.381 e. The summed E-state index contributed by atoms with van der Waals surface area (Å²) in [5.41, 5.74) is 0.616. The average molecular weight is 330 g/mol. The number of hydrogen-bond donors (Lipinski definition) is 0. The highest BCUT2D eigenvalue weighted by Crippen LogP contribution is 2.25. The molecule has 24 heavy (non-hydrogen) atoms. The smallest absolute Gasteiger partial charge is 0.272 e. The van der Waals surface area contributed by atoms with Crippen LogP contribution in [-0.2, 0) is 24.8 Å². The molecule has 8 nitrogen and oxygen atoms in total. The van der Waals surface area contributed by atoms with Gasteiger partial charge >= 0.3 is 0 Å². The summed E-state index contributed by atoms with van der Waals surface area (Å²) in [6.45, 7) is 3.59. The summed E-state index contributed by atoms with van der Waals surface area (Å²) in [7, 11) is 1.84. The second-order valence-electron chi connectivity index (χ2n) is 6.43. The van der Waals surface area contributed by atoms with Gasteiger partial charge in [-0.2, -0.15) is 5.10 Å². The van der Waals surface area contributed by atoms with Crippen molar-refractivity contribution < 1.29 is 9.53 Å². The summed E-state index contributed by atoms with van der Waals surface area (Å²) >= 11 is 0. The van der Waals surface area contributed by atoms with E-state index in [4.69, 9.17) is 14.8 Å². The van der Waals surface area contributed by atoms with Crippen molar-refractivity contribution in [2.75, 3.05) is 26.3 Å². The van der Waals surface area contributed by atoms with Crippen LogP contribution < -0.4 is 0 Å². The van der Waals surface area contributed by atoms with Gasteiger partial charge in [0.05, 0.1) is 19.1 Å². The van der Waals surface area contributed by atoms with Crippen molar-refractivity contribution in [3.8, 4) is 0 Å². The van der Waals surface area contributed by atoms with Gasteiger partial charge in [0.25, 0.3) is 5.91 Å². The maximum Gasteiger partial charge on any atom is 0.272 e. The molecule has 8 heteroatoms. The summed E-state index contributed by atoms with van der Waals surface area (Å²) in [5.74, 6) is 2.35. The molecule has 0 saturated carbocycles. The van der Waals surface area contributed by atoms with Crippen LogP contribution in [0.4, 0.5) is 0 Å². The fourth-order valence-corrected chi connectivity index (χ4v) is 3.38. The number of aryl methyl sites for hydroxylation is 1. The van der Waals surface area contributed by atoms with Gasteiger partial charge in [-0.3, -0.25) is 4.79 Å². The number of imidazole rings is 1. The van der Waals surface area contributed by atoms with Crippen LogP contribution in [0.3, 0.4) is 0 Å². The van der Waals surface area contributed by atoms with E-state index in [1.54, 1.807) is 17.1 Å². The summed E-state index contributed by atoms with van der Waals surface area (Å²) in [6, 6.07) is 0. The Morgan fingerprint density at radius 2 is 2.08 bits per heavy atom. The first-order valence-electron chi connectivity index (χ1n) is 8.49. The van der Waals surface area contributed by atoms with Gasteiger partial charge in [0.15, 0.2) is 5.82 Å². The molecule has 0 bridgehead atoms. The molecule has 2 aromatic rings. The van der Waals surface area contributed by atoms with Crippen LogP contribution in [0.1, 0.15) is 40.9 Å². The Hall–Kier alpha value is -2.22. The minimum absolute atomic E-state index is 0.0189. The quantitative estimate of drug-likeness (QED) is 0.806. The lowest BCUT2D eigenvalue weighted by molar-refractivity contribution is 0.0747. The molecule has 4 heterocycles. The van der Waals surface area contributed by atoms with E-state index in [-0.39, 0.29) is 5.91 Å². The van der Waals surface area contributed by atoms with Gasteiger partial charge in [-0.1, -0.05) is 0 Å². The van der Waals surface area contributed by atoms with Crippen LogP contribution in [0, 0.1) is 0 Å². The zero-order valence-electron chi connectivity index (χ0n) is 13.9. The standard InChI is InChI=1S/C16H22N6O2/c1-20-11-17-10-13(20)16(23)21-5-2-14-18-15(19-22(14)7-6-21)12-3-8-24-9-4-12/h10-12H,2-9H2,1H3. The summed E-state index contributed by atoms with van der Waals surface area (Å²) in [5, 5.41) is 4.70. The Balaban J connectivity index is 1.46. The third kappa shape index (κ3) is 2.82. The number of nitrogens with zero attached hydrogens (tertiary/aromatic N) is 6. The SMILES string of the molecule is Cn1cncc1C(=O)N1CCc2nc(C3CCOCC3)nn2CC1. The van der Waals surface area contributed by atoms with Gasteiger partial charge in [0.1, 0.15) is 11.5 Å². The molecule has 0 aromatic carbocycles. The van der Waals surface area contributed by atoms with E-state index in [1.165, 1.54) is 0 Å². The molecule has 4 rings (SSSR count). The lowest BCUT2D eigenvalue weighted by atomic mass is 10.00. The normalized spacial score (nSPS) is 19.1. The molecule has 1 amide bonds. The van der Waals surface area contributed by atoms with Gasteiger partial charge in [0, 0.05) is 45.7 Å². The summed E-state index contributed by atoms with van der Waals surface area (Å²) in [6.07, 6.45) is 5.99. The molecule has 0 N–H and O–H groups in total. The summed E-state index contributed by atoms with van der Waals surface area (Å²) < 4.78 is 9.15. The number of ether oxygens (including phenoxy) is 1. The molecular weight excluding hydrogens is 308 g/mol. The molecule has 2 aliphatic rings. The van der Waals surface area contributed by atoms with E-state index in [1.807, 2.05) is 16.6 Å². The number of amides is 1. The van der Waals surface area contributed by atoms with Crippen molar-refractivity contribution in [3.63, 3.8) is 0 Å². The molecule has 2 aliphatic heterocycles. The first-order valence-corrected chi connectivity index (χ1v) is 8.49. The molecule has 0 unspecified atom stereocenters. The van der Waals surface area contributed by atoms with E-state index < -0.39 is 0 Å². The number of rotatable bonds is 2. The highest BCUT2D eigenvalue weighted by molar-refractivity contribution is 5.92. The Kier molecular flexibility index (Phi) is 4.05. The second-order valence-corrected chi connectivity index (χ2v) is 6.43. The Morgan fingerprint density at radius 3 is 2.83 bits per heavy atom. The van der Waals surface area contributed by atoms with Crippen molar-refractivity contribution in [2.24, 2.45) is 7.05 Å². The maximum atomic E-state index is 12.6. The van der Waals surface area contributed by atoms with Crippen LogP contribution in [0.15, 0.2) is 12.5 Å². The Labute approximate surface area is 140 Å². The van der Waals surface area contributed by atoms with Gasteiger partial charge in [-0.15, -0.1) is 0 Å². The van der Waals surface area contributed by atoms with Gasteiger partial charge in [0.2, 0.25) is 0 Å². The van der Waals surface area contributed by atoms with Gasteiger partial charge in [-0.25, -0.2) is 14.6 Å². The Morgan fingerprint density at radius 1 is 1.25 bits per heavy atom. The molecule has 0 radical (unpaired) electrons. The number of hydrogen-bond acceptors (Lipinski definition) is 5. The summed E-state index contributed by atoms with van der Waals surface area (Å²) in [4.78, 5) is 23.3. The van der Waals surface area contributed by atoms with Crippen molar-refractivity contribution in [1.29, 1.82) is 0 Å². The lowest BCUT2D eigenvalue weighted by Crippen LogP contribution is -2.34. The number of carbonyl (C=O) groups excluding carboxylic acids is 1. The van der Waals surface area contributed by atoms with Crippen LogP contribution in [0.25, 0.3) is 0 Å². The fraction of sp³-hybridized carbons (Fsp3) is 0.625. The fourth-order valence-electron chi connectivity index (χ4n) is 3.38. The molecule has 0 aliphatic carbocycles. The average Bonchev–Trinajstić information content (AvgIpc) is 3.17. The first-order chi connectivity index (χ1) is 11.7. The topological polar surface area (TPSA) is 78.1 Å². The van der Waals surface area contributed by atoms with Crippen LogP contribution in [0.5, 0.6) is 0 Å². The van der Waals surface area contributed by atoms with Gasteiger partial charge in [-0.05, 0) is 12.8 Å². The molecule has 0 atom stereocenters. The maximum absolute atomic E-state index is 12.6. The van der Waals surface area contributed by atoms with Crippen molar-refractivity contribution in [2.45, 2.75) is 31.7 Å². The monoisotopic (exact) mass is 330 g/mol. The zero-order chi connectivity index (χ0) is 16.5. The van der Waals surface area contributed by atoms with Crippen LogP contribution in [-0.4, -0.2) is 61.4 Å². The van der Waals surface area contributed by atoms with E-state index in [0.717, 1.165) is 44.1 Å². The minimum Gasteiger partial charge on any atom is -0.381 e. The van der Waals surface area contributed by atoms with Crippen molar-refractivity contribution >= 4 is 5.91 Å². The van der Waals surface area contributed by atoms with Crippen molar-refractivity contribution in [3.05, 3.63) is 29.9 Å². The molecule has 0 spiro atoms. The third-order valence-electron chi connectivity index (χ3n) is 4.86. The predicted molar refractivity (Wildman–Crippen MR) is 85.6 cm³/mol. The molecule has 2 aromatic heterocycles. The first kappa shape index (κ1) is 15.3. The number of fused-ring (bicyclic) bond motifs is 1. The molecule has 128 valence electrons. The van der Waals surface area contributed by atoms with Crippen LogP contribution >= 0.6 is 0 Å². The third-order valence-corrected chi connectivity index (χ3v) is 4.86. The predicted octanol–water partition coefficient (Wildman–Crippen LogP) is 0.604. The molecule has 1 saturated heterocycles. The molecular formula is C16H22N6O2. The highest BCUT2D eigenvalue weighted by Gasteiger charge is 2.26. The zero-order valence-corrected chi connectivity index (χ0v) is 13.9. The number of carbonyl (C=O) groups is 1. The molecule has 1 fully saturated rings. The van der Waals surface area contributed by atoms with Crippen LogP contribution in [0.2, 0.25) is 0 Å². The highest BCUT2D eigenvalue weighted by atomic mass is 16.5. The van der Waals surface area contributed by atoms with E-state index in [9.17, 15) is 4.79 Å². The van der Waals surface area contributed by atoms with E-state index in [2.05, 4.69) is 4.98 Å². The second kappa shape index (κ2) is 6.35.